The summed E-state index contributed by atoms with van der Waals surface area (Å²) in [4.78, 5) is 29.9. The number of urea groups is 1. The zero-order valence-corrected chi connectivity index (χ0v) is 20.3. The first kappa shape index (κ1) is 23.4. The molecule has 31 heavy (non-hydrogen) atoms. The molecule has 1 atom stereocenters. The maximum Gasteiger partial charge on any atom is 0.318 e. The average molecular weight is 463 g/mol. The van der Waals surface area contributed by atoms with E-state index in [1.165, 1.54) is 4.90 Å². The third kappa shape index (κ3) is 5.93. The van der Waals surface area contributed by atoms with Gasteiger partial charge in [0.1, 0.15) is 6.54 Å². The fraction of sp³-hybridized carbons (Fsp3) is 0.500. The zero-order valence-electron chi connectivity index (χ0n) is 18.7. The minimum atomic E-state index is -0.403. The first-order chi connectivity index (χ1) is 14.7. The summed E-state index contributed by atoms with van der Waals surface area (Å²) in [5.74, 6) is -0.204. The van der Waals surface area contributed by atoms with Gasteiger partial charge in [0, 0.05) is 30.5 Å². The monoisotopic (exact) mass is 462 g/mol. The van der Waals surface area contributed by atoms with Gasteiger partial charge in [-0.2, -0.15) is 5.10 Å². The van der Waals surface area contributed by atoms with E-state index in [1.54, 1.807) is 34.8 Å². The summed E-state index contributed by atoms with van der Waals surface area (Å²) in [6.45, 7) is 8.40. The van der Waals surface area contributed by atoms with E-state index in [1.807, 2.05) is 43.7 Å². The van der Waals surface area contributed by atoms with Gasteiger partial charge in [-0.3, -0.25) is 4.79 Å². The SMILES string of the molecule is COCCN(CC(=O)N1N=C(c2cccs2)C[C@H]1c1sccc1C)C(=O)NC(C)(C)C. The Labute approximate surface area is 191 Å². The minimum absolute atomic E-state index is 0.0621. The predicted octanol–water partition coefficient (Wildman–Crippen LogP) is 4.25. The number of nitrogens with zero attached hydrogens (tertiary/aromatic N) is 3. The molecule has 2 aromatic heterocycles. The molecule has 0 saturated carbocycles. The van der Waals surface area contributed by atoms with Gasteiger partial charge in [-0.15, -0.1) is 22.7 Å². The third-order valence-electron chi connectivity index (χ3n) is 4.84. The highest BCUT2D eigenvalue weighted by atomic mass is 32.1. The standard InChI is InChI=1S/C22H30N4O3S2/c1-15-8-12-31-20(15)17-13-16(18-7-6-11-30-18)24-26(17)19(27)14-25(9-10-29-5)21(28)23-22(2,3)4/h6-8,11-12,17H,9-10,13-14H2,1-5H3,(H,23,28)/t17-/m0/s1. The van der Waals surface area contributed by atoms with Gasteiger partial charge in [-0.25, -0.2) is 9.80 Å². The van der Waals surface area contributed by atoms with Crippen LogP contribution in [0.3, 0.4) is 0 Å². The molecule has 168 valence electrons. The van der Waals surface area contributed by atoms with Crippen molar-refractivity contribution < 1.29 is 14.3 Å². The highest BCUT2D eigenvalue weighted by Crippen LogP contribution is 2.37. The number of methoxy groups -OCH3 is 1. The number of hydrazone groups is 1. The fourth-order valence-electron chi connectivity index (χ4n) is 3.35. The molecule has 1 aliphatic heterocycles. The molecule has 1 N–H and O–H groups in total. The summed E-state index contributed by atoms with van der Waals surface area (Å²) in [6.07, 6.45) is 0.667. The first-order valence-electron chi connectivity index (χ1n) is 10.2. The molecule has 1 aliphatic rings. The van der Waals surface area contributed by atoms with E-state index in [0.717, 1.165) is 21.0 Å². The van der Waals surface area contributed by atoms with Gasteiger partial charge in [-0.1, -0.05) is 6.07 Å². The molecule has 0 unspecified atom stereocenters. The van der Waals surface area contributed by atoms with Gasteiger partial charge in [0.15, 0.2) is 0 Å². The molecule has 0 saturated heterocycles. The second kappa shape index (κ2) is 9.93. The van der Waals surface area contributed by atoms with E-state index in [0.29, 0.717) is 19.6 Å². The largest absolute Gasteiger partial charge is 0.383 e. The van der Waals surface area contributed by atoms with Gasteiger partial charge in [0.05, 0.1) is 23.2 Å². The number of ether oxygens (including phenoxy) is 1. The Morgan fingerprint density at radius 1 is 1.29 bits per heavy atom. The molecule has 0 bridgehead atoms. The zero-order chi connectivity index (χ0) is 22.6. The number of amides is 3. The van der Waals surface area contributed by atoms with Crippen molar-refractivity contribution in [2.45, 2.75) is 45.7 Å². The maximum atomic E-state index is 13.4. The lowest BCUT2D eigenvalue weighted by Crippen LogP contribution is -2.52. The Kier molecular flexibility index (Phi) is 7.51. The lowest BCUT2D eigenvalue weighted by Gasteiger charge is -2.30. The Hall–Kier alpha value is -2.23. The van der Waals surface area contributed by atoms with Crippen LogP contribution in [0, 0.1) is 6.92 Å². The Morgan fingerprint density at radius 3 is 2.65 bits per heavy atom. The van der Waals surface area contributed by atoms with Crippen molar-refractivity contribution in [3.63, 3.8) is 0 Å². The van der Waals surface area contributed by atoms with E-state index in [-0.39, 0.29) is 24.5 Å². The van der Waals surface area contributed by atoms with Crippen molar-refractivity contribution in [2.75, 3.05) is 26.8 Å². The van der Waals surface area contributed by atoms with Crippen molar-refractivity contribution in [3.05, 3.63) is 44.3 Å². The summed E-state index contributed by atoms with van der Waals surface area (Å²) in [6, 6.07) is 5.63. The first-order valence-corrected chi connectivity index (χ1v) is 12.0. The van der Waals surface area contributed by atoms with Crippen LogP contribution in [0.4, 0.5) is 4.79 Å². The highest BCUT2D eigenvalue weighted by molar-refractivity contribution is 7.12. The van der Waals surface area contributed by atoms with Crippen LogP contribution < -0.4 is 5.32 Å². The van der Waals surface area contributed by atoms with Crippen LogP contribution >= 0.6 is 22.7 Å². The third-order valence-corrected chi connectivity index (χ3v) is 6.88. The van der Waals surface area contributed by atoms with Gasteiger partial charge in [-0.05, 0) is 56.2 Å². The molecular weight excluding hydrogens is 432 g/mol. The number of nitrogens with one attached hydrogen (secondary N) is 1. The molecule has 3 heterocycles. The number of carbonyl (C=O) groups is 2. The smallest absolute Gasteiger partial charge is 0.318 e. The molecule has 2 aromatic rings. The van der Waals surface area contributed by atoms with Gasteiger partial charge in [0.2, 0.25) is 0 Å². The lowest BCUT2D eigenvalue weighted by molar-refractivity contribution is -0.133. The fourth-order valence-corrected chi connectivity index (χ4v) is 5.09. The Morgan fingerprint density at radius 2 is 2.06 bits per heavy atom. The molecule has 0 aromatic carbocycles. The number of hydrogen-bond acceptors (Lipinski definition) is 6. The summed E-state index contributed by atoms with van der Waals surface area (Å²) in [5.41, 5.74) is 1.65. The quantitative estimate of drug-likeness (QED) is 0.668. The van der Waals surface area contributed by atoms with E-state index in [4.69, 9.17) is 9.84 Å². The van der Waals surface area contributed by atoms with Crippen LogP contribution in [-0.4, -0.2) is 59.9 Å². The number of rotatable bonds is 7. The van der Waals surface area contributed by atoms with E-state index < -0.39 is 5.54 Å². The van der Waals surface area contributed by atoms with Crippen molar-refractivity contribution in [1.29, 1.82) is 0 Å². The molecule has 0 radical (unpaired) electrons. The molecular formula is C22H30N4O3S2. The average Bonchev–Trinajstić information content (AvgIpc) is 3.42. The molecule has 7 nitrogen and oxygen atoms in total. The van der Waals surface area contributed by atoms with Crippen molar-refractivity contribution in [3.8, 4) is 0 Å². The minimum Gasteiger partial charge on any atom is -0.383 e. The maximum absolute atomic E-state index is 13.4. The molecule has 0 fully saturated rings. The second-order valence-corrected chi connectivity index (χ2v) is 10.4. The van der Waals surface area contributed by atoms with Crippen LogP contribution in [-0.2, 0) is 9.53 Å². The van der Waals surface area contributed by atoms with E-state index >= 15 is 0 Å². The van der Waals surface area contributed by atoms with Crippen molar-refractivity contribution in [1.82, 2.24) is 15.2 Å². The van der Waals surface area contributed by atoms with Crippen molar-refractivity contribution in [2.24, 2.45) is 5.10 Å². The molecule has 0 aliphatic carbocycles. The summed E-state index contributed by atoms with van der Waals surface area (Å²) in [7, 11) is 1.58. The van der Waals surface area contributed by atoms with Crippen LogP contribution in [0.25, 0.3) is 0 Å². The molecule has 0 spiro atoms. The number of thiophene rings is 2. The van der Waals surface area contributed by atoms with Gasteiger partial charge < -0.3 is 15.0 Å². The van der Waals surface area contributed by atoms with Crippen LogP contribution in [0.1, 0.15) is 48.6 Å². The topological polar surface area (TPSA) is 74.2 Å². The Balaban J connectivity index is 1.83. The number of hydrogen-bond donors (Lipinski definition) is 1. The van der Waals surface area contributed by atoms with E-state index in [2.05, 4.69) is 18.3 Å². The van der Waals surface area contributed by atoms with Gasteiger partial charge >= 0.3 is 6.03 Å². The molecule has 3 amide bonds. The lowest BCUT2D eigenvalue weighted by atomic mass is 10.1. The second-order valence-electron chi connectivity index (χ2n) is 8.54. The normalized spacial score (nSPS) is 16.4. The number of carbonyl (C=O) groups excluding carboxylic acids is 2. The summed E-state index contributed by atoms with van der Waals surface area (Å²) in [5, 5.41) is 13.3. The predicted molar refractivity (Wildman–Crippen MR) is 126 cm³/mol. The van der Waals surface area contributed by atoms with Crippen LogP contribution in [0.15, 0.2) is 34.1 Å². The number of aryl methyl sites for hydroxylation is 1. The van der Waals surface area contributed by atoms with Crippen LogP contribution in [0.2, 0.25) is 0 Å². The van der Waals surface area contributed by atoms with E-state index in [9.17, 15) is 9.59 Å². The Bertz CT molecular complexity index is 931. The van der Waals surface area contributed by atoms with Crippen LogP contribution in [0.5, 0.6) is 0 Å². The van der Waals surface area contributed by atoms with Crippen molar-refractivity contribution >= 4 is 40.3 Å². The summed E-state index contributed by atoms with van der Waals surface area (Å²) >= 11 is 3.25. The molecule has 3 rings (SSSR count). The summed E-state index contributed by atoms with van der Waals surface area (Å²) < 4.78 is 5.15. The highest BCUT2D eigenvalue weighted by Gasteiger charge is 2.36. The van der Waals surface area contributed by atoms with Gasteiger partial charge in [0.25, 0.3) is 5.91 Å². The molecule has 9 heteroatoms.